The third-order valence-corrected chi connectivity index (χ3v) is 5.35. The van der Waals surface area contributed by atoms with Gasteiger partial charge in [-0.3, -0.25) is 9.89 Å². The van der Waals surface area contributed by atoms with Crippen LogP contribution in [0.25, 0.3) is 0 Å². The van der Waals surface area contributed by atoms with E-state index in [0.717, 1.165) is 74.2 Å². The second-order valence-corrected chi connectivity index (χ2v) is 7.26. The predicted octanol–water partition coefficient (Wildman–Crippen LogP) is 2.37. The molecule has 1 aromatic carbocycles. The Bertz CT molecular complexity index is 824. The van der Waals surface area contributed by atoms with Crippen LogP contribution in [0.3, 0.4) is 0 Å². The molecule has 29 heavy (non-hydrogen) atoms. The normalized spacial score (nSPS) is 15.6. The number of methoxy groups -OCH3 is 1. The van der Waals surface area contributed by atoms with Gasteiger partial charge in [0.25, 0.3) is 0 Å². The Morgan fingerprint density at radius 3 is 2.62 bits per heavy atom. The molecule has 0 saturated carbocycles. The molecule has 1 aromatic heterocycles. The van der Waals surface area contributed by atoms with Gasteiger partial charge in [-0.2, -0.15) is 0 Å². The van der Waals surface area contributed by atoms with Crippen LogP contribution in [0.5, 0.6) is 5.75 Å². The molecular formula is C21H30FN5O2. The minimum absolute atomic E-state index is 0.282. The zero-order chi connectivity index (χ0) is 20.8. The highest BCUT2D eigenvalue weighted by Gasteiger charge is 2.20. The van der Waals surface area contributed by atoms with E-state index in [0.29, 0.717) is 0 Å². The third kappa shape index (κ3) is 5.26. The Labute approximate surface area is 171 Å². The van der Waals surface area contributed by atoms with E-state index >= 15 is 0 Å². The number of hydrogen-bond donors (Lipinski definition) is 1. The minimum Gasteiger partial charge on any atom is -0.494 e. The molecule has 0 radical (unpaired) electrons. The van der Waals surface area contributed by atoms with Gasteiger partial charge in [-0.15, -0.1) is 0 Å². The summed E-state index contributed by atoms with van der Waals surface area (Å²) in [6.07, 6.45) is 0.850. The van der Waals surface area contributed by atoms with Crippen molar-refractivity contribution in [3.05, 3.63) is 46.6 Å². The zero-order valence-corrected chi connectivity index (χ0v) is 17.7. The molecule has 1 aliphatic heterocycles. The van der Waals surface area contributed by atoms with Crippen molar-refractivity contribution < 1.29 is 13.7 Å². The van der Waals surface area contributed by atoms with Gasteiger partial charge in [0.05, 0.1) is 12.8 Å². The molecule has 2 aromatic rings. The molecule has 1 aliphatic rings. The average Bonchev–Trinajstić information content (AvgIpc) is 3.04. The van der Waals surface area contributed by atoms with E-state index < -0.39 is 0 Å². The van der Waals surface area contributed by atoms with Crippen molar-refractivity contribution in [1.82, 2.24) is 20.3 Å². The third-order valence-electron chi connectivity index (χ3n) is 5.35. The molecule has 3 rings (SSSR count). The molecule has 8 heteroatoms. The predicted molar refractivity (Wildman–Crippen MR) is 111 cm³/mol. The maximum Gasteiger partial charge on any atom is 0.193 e. The van der Waals surface area contributed by atoms with Crippen molar-refractivity contribution in [2.24, 2.45) is 4.99 Å². The highest BCUT2D eigenvalue weighted by molar-refractivity contribution is 5.80. The van der Waals surface area contributed by atoms with Crippen LogP contribution in [0.4, 0.5) is 4.39 Å². The highest BCUT2D eigenvalue weighted by atomic mass is 19.1. The lowest BCUT2D eigenvalue weighted by atomic mass is 10.1. The number of benzene rings is 1. The Morgan fingerprint density at radius 2 is 2.03 bits per heavy atom. The van der Waals surface area contributed by atoms with Crippen molar-refractivity contribution in [2.45, 2.75) is 26.8 Å². The van der Waals surface area contributed by atoms with Crippen molar-refractivity contribution in [3.8, 4) is 5.75 Å². The number of ether oxygens (including phenoxy) is 1. The van der Waals surface area contributed by atoms with Gasteiger partial charge in [-0.25, -0.2) is 4.39 Å². The summed E-state index contributed by atoms with van der Waals surface area (Å²) in [5.74, 6) is 1.76. The summed E-state index contributed by atoms with van der Waals surface area (Å²) in [6, 6.07) is 5.16. The van der Waals surface area contributed by atoms with E-state index in [-0.39, 0.29) is 11.6 Å². The quantitative estimate of drug-likeness (QED) is 0.590. The number of piperazine rings is 1. The first-order chi connectivity index (χ1) is 14.0. The fourth-order valence-electron chi connectivity index (χ4n) is 3.67. The number of hydrogen-bond acceptors (Lipinski definition) is 5. The molecule has 2 heterocycles. The Hall–Kier alpha value is -2.61. The summed E-state index contributed by atoms with van der Waals surface area (Å²) in [6.45, 7) is 8.98. The highest BCUT2D eigenvalue weighted by Crippen LogP contribution is 2.19. The Kier molecular flexibility index (Phi) is 7.09. The van der Waals surface area contributed by atoms with E-state index in [1.54, 1.807) is 12.1 Å². The molecule has 0 spiro atoms. The van der Waals surface area contributed by atoms with Crippen LogP contribution in [0.2, 0.25) is 0 Å². The molecule has 0 unspecified atom stereocenters. The van der Waals surface area contributed by atoms with Crippen molar-refractivity contribution in [1.29, 1.82) is 0 Å². The van der Waals surface area contributed by atoms with Gasteiger partial charge in [0.15, 0.2) is 17.5 Å². The van der Waals surface area contributed by atoms with Gasteiger partial charge in [0.1, 0.15) is 5.76 Å². The molecule has 1 fully saturated rings. The molecule has 158 valence electrons. The maximum absolute atomic E-state index is 13.9. The summed E-state index contributed by atoms with van der Waals surface area (Å²) in [5.41, 5.74) is 3.06. The van der Waals surface area contributed by atoms with Gasteiger partial charge in [0.2, 0.25) is 0 Å². The van der Waals surface area contributed by atoms with E-state index in [2.05, 4.69) is 25.3 Å². The van der Waals surface area contributed by atoms with E-state index in [1.165, 1.54) is 7.11 Å². The van der Waals surface area contributed by atoms with Crippen molar-refractivity contribution >= 4 is 5.96 Å². The number of halogens is 1. The monoisotopic (exact) mass is 403 g/mol. The van der Waals surface area contributed by atoms with Crippen molar-refractivity contribution in [3.63, 3.8) is 0 Å². The zero-order valence-electron chi connectivity index (χ0n) is 17.7. The van der Waals surface area contributed by atoms with Gasteiger partial charge in [0, 0.05) is 51.9 Å². The second kappa shape index (κ2) is 9.73. The summed E-state index contributed by atoms with van der Waals surface area (Å²) in [4.78, 5) is 9.02. The lowest BCUT2D eigenvalue weighted by Gasteiger charge is -2.36. The topological polar surface area (TPSA) is 66.1 Å². The Morgan fingerprint density at radius 1 is 1.28 bits per heavy atom. The fourth-order valence-corrected chi connectivity index (χ4v) is 3.67. The van der Waals surface area contributed by atoms with Gasteiger partial charge >= 0.3 is 0 Å². The molecule has 1 saturated heterocycles. The van der Waals surface area contributed by atoms with Crippen LogP contribution in [0.15, 0.2) is 27.7 Å². The molecule has 0 atom stereocenters. The standard InChI is InChI=1S/C21H30FN5O2/c1-15-18(16(2)29-25-15)7-8-24-21(23-3)27-11-9-26(10-12-27)14-17-5-6-20(28-4)19(22)13-17/h5-6,13H,7-12,14H2,1-4H3,(H,23,24). The molecule has 0 amide bonds. The molecular weight excluding hydrogens is 373 g/mol. The van der Waals surface area contributed by atoms with Crippen LogP contribution in [-0.2, 0) is 13.0 Å². The van der Waals surface area contributed by atoms with Crippen LogP contribution in [0, 0.1) is 19.7 Å². The maximum atomic E-state index is 13.9. The first-order valence-electron chi connectivity index (χ1n) is 9.94. The van der Waals surface area contributed by atoms with Gasteiger partial charge < -0.3 is 19.5 Å². The number of aliphatic imine (C=N–C) groups is 1. The number of aryl methyl sites for hydroxylation is 2. The number of guanidine groups is 1. The molecule has 1 N–H and O–H groups in total. The number of nitrogens with one attached hydrogen (secondary N) is 1. The Balaban J connectivity index is 1.46. The van der Waals surface area contributed by atoms with Gasteiger partial charge in [-0.05, 0) is 38.0 Å². The summed E-state index contributed by atoms with van der Waals surface area (Å²) in [5, 5.41) is 7.44. The lowest BCUT2D eigenvalue weighted by Crippen LogP contribution is -2.52. The summed E-state index contributed by atoms with van der Waals surface area (Å²) >= 11 is 0. The summed E-state index contributed by atoms with van der Waals surface area (Å²) < 4.78 is 24.1. The number of rotatable bonds is 6. The lowest BCUT2D eigenvalue weighted by molar-refractivity contribution is 0.172. The first kappa shape index (κ1) is 21.1. The first-order valence-corrected chi connectivity index (χ1v) is 9.94. The SMILES string of the molecule is CN=C(NCCc1c(C)noc1C)N1CCN(Cc2ccc(OC)c(F)c2)CC1. The molecule has 0 aliphatic carbocycles. The minimum atomic E-state index is -0.313. The van der Waals surface area contributed by atoms with Crippen LogP contribution in [-0.4, -0.2) is 67.8 Å². The fraction of sp³-hybridized carbons (Fsp3) is 0.524. The van der Waals surface area contributed by atoms with E-state index in [9.17, 15) is 4.39 Å². The second-order valence-electron chi connectivity index (χ2n) is 7.26. The van der Waals surface area contributed by atoms with Crippen LogP contribution < -0.4 is 10.1 Å². The smallest absolute Gasteiger partial charge is 0.193 e. The van der Waals surface area contributed by atoms with Crippen LogP contribution in [0.1, 0.15) is 22.6 Å². The molecule has 7 nitrogen and oxygen atoms in total. The van der Waals surface area contributed by atoms with Gasteiger partial charge in [-0.1, -0.05) is 11.2 Å². The summed E-state index contributed by atoms with van der Waals surface area (Å²) in [7, 11) is 3.29. The number of nitrogens with zero attached hydrogens (tertiary/aromatic N) is 4. The van der Waals surface area contributed by atoms with E-state index in [4.69, 9.17) is 9.26 Å². The van der Waals surface area contributed by atoms with E-state index in [1.807, 2.05) is 27.0 Å². The van der Waals surface area contributed by atoms with Crippen molar-refractivity contribution in [2.75, 3.05) is 46.9 Å². The molecule has 0 bridgehead atoms. The number of aromatic nitrogens is 1. The average molecular weight is 404 g/mol. The van der Waals surface area contributed by atoms with Crippen LogP contribution >= 0.6 is 0 Å². The largest absolute Gasteiger partial charge is 0.494 e.